The van der Waals surface area contributed by atoms with Crippen LogP contribution in [0.4, 0.5) is 0 Å². The van der Waals surface area contributed by atoms with E-state index < -0.39 is 9.84 Å². The maximum atomic E-state index is 12.3. The first-order valence-electron chi connectivity index (χ1n) is 8.99. The highest BCUT2D eigenvalue weighted by Gasteiger charge is 2.46. The molecule has 2 fully saturated rings. The molecule has 4 rings (SSSR count). The van der Waals surface area contributed by atoms with E-state index in [-0.39, 0.29) is 23.6 Å². The van der Waals surface area contributed by atoms with Gasteiger partial charge in [-0.15, -0.1) is 0 Å². The van der Waals surface area contributed by atoms with Crippen LogP contribution in [0.3, 0.4) is 0 Å². The van der Waals surface area contributed by atoms with E-state index in [1.165, 1.54) is 5.56 Å². The van der Waals surface area contributed by atoms with Gasteiger partial charge in [-0.05, 0) is 5.56 Å². The van der Waals surface area contributed by atoms with Gasteiger partial charge < -0.3 is 4.98 Å². The molecule has 0 unspecified atom stereocenters. The summed E-state index contributed by atoms with van der Waals surface area (Å²) >= 11 is 0. The maximum absolute atomic E-state index is 12.3. The molecule has 2 saturated heterocycles. The van der Waals surface area contributed by atoms with Gasteiger partial charge in [-0.3, -0.25) is 9.80 Å². The molecule has 7 heteroatoms. The van der Waals surface area contributed by atoms with Crippen LogP contribution in [0.1, 0.15) is 11.4 Å². The van der Waals surface area contributed by atoms with Gasteiger partial charge in [-0.2, -0.15) is 0 Å². The molecule has 1 N–H and O–H groups in total. The van der Waals surface area contributed by atoms with Crippen molar-refractivity contribution in [1.29, 1.82) is 0 Å². The second kappa shape index (κ2) is 7.34. The number of aromatic nitrogens is 2. The Kier molecular flexibility index (Phi) is 4.93. The fourth-order valence-corrected chi connectivity index (χ4v) is 6.03. The van der Waals surface area contributed by atoms with Crippen molar-refractivity contribution in [3.8, 4) is 0 Å². The van der Waals surface area contributed by atoms with E-state index in [9.17, 15) is 8.42 Å². The topological polar surface area (TPSA) is 69.3 Å². The molecular formula is C19H24N4O2S. The van der Waals surface area contributed by atoms with Crippen LogP contribution in [-0.2, 0) is 16.4 Å². The predicted molar refractivity (Wildman–Crippen MR) is 102 cm³/mol. The predicted octanol–water partition coefficient (Wildman–Crippen LogP) is 1.41. The number of benzene rings is 1. The number of hydrogen-bond donors (Lipinski definition) is 1. The zero-order chi connectivity index (χ0) is 18.0. The van der Waals surface area contributed by atoms with E-state index in [0.717, 1.165) is 25.5 Å². The van der Waals surface area contributed by atoms with Crippen molar-refractivity contribution in [3.05, 3.63) is 60.2 Å². The quantitative estimate of drug-likeness (QED) is 0.859. The summed E-state index contributed by atoms with van der Waals surface area (Å²) in [5.74, 6) is 1.40. The van der Waals surface area contributed by atoms with Gasteiger partial charge in [-0.1, -0.05) is 42.5 Å². The van der Waals surface area contributed by atoms with Gasteiger partial charge in [0, 0.05) is 44.1 Å². The summed E-state index contributed by atoms with van der Waals surface area (Å²) < 4.78 is 24.6. The minimum Gasteiger partial charge on any atom is -0.348 e. The first-order valence-corrected chi connectivity index (χ1v) is 10.8. The number of aromatic amines is 1. The third-order valence-corrected chi connectivity index (χ3v) is 6.96. The fourth-order valence-electron chi connectivity index (χ4n) is 3.98. The van der Waals surface area contributed by atoms with E-state index in [0.29, 0.717) is 6.54 Å². The standard InChI is InChI=1S/C19H24N4O2S/c24-26(25)14-17-18(15-26)23(13-19-20-8-9-21-19)12-11-22(17)10-4-7-16-5-2-1-3-6-16/h1-9,17-18H,10-15H2,(H,20,21)/b7-4+/t17-,18+/m1/s1. The second-order valence-electron chi connectivity index (χ2n) is 7.03. The normalized spacial score (nSPS) is 26.3. The average Bonchev–Trinajstić information content (AvgIpc) is 3.24. The van der Waals surface area contributed by atoms with E-state index in [4.69, 9.17) is 0 Å². The van der Waals surface area contributed by atoms with Crippen LogP contribution in [0.15, 0.2) is 48.8 Å². The molecule has 0 aliphatic carbocycles. The lowest BCUT2D eigenvalue weighted by molar-refractivity contribution is 0.0464. The van der Waals surface area contributed by atoms with Gasteiger partial charge in [0.25, 0.3) is 0 Å². The molecule has 6 nitrogen and oxygen atoms in total. The molecule has 2 aliphatic heterocycles. The molecule has 1 aromatic heterocycles. The summed E-state index contributed by atoms with van der Waals surface area (Å²) in [6, 6.07) is 10.3. The monoisotopic (exact) mass is 372 g/mol. The van der Waals surface area contributed by atoms with Gasteiger partial charge in [0.15, 0.2) is 9.84 Å². The number of rotatable bonds is 5. The van der Waals surface area contributed by atoms with E-state index in [2.05, 4.69) is 44.1 Å². The molecule has 0 spiro atoms. The van der Waals surface area contributed by atoms with Gasteiger partial charge in [0.1, 0.15) is 5.82 Å². The third kappa shape index (κ3) is 3.90. The summed E-state index contributed by atoms with van der Waals surface area (Å²) in [5, 5.41) is 0. The molecule has 0 radical (unpaired) electrons. The first-order chi connectivity index (χ1) is 12.6. The Morgan fingerprint density at radius 2 is 1.85 bits per heavy atom. The zero-order valence-corrected chi connectivity index (χ0v) is 15.5. The molecule has 2 aromatic rings. The van der Waals surface area contributed by atoms with Gasteiger partial charge >= 0.3 is 0 Å². The summed E-state index contributed by atoms with van der Waals surface area (Å²) in [5.41, 5.74) is 1.17. The van der Waals surface area contributed by atoms with Crippen LogP contribution in [0.5, 0.6) is 0 Å². The molecule has 0 amide bonds. The highest BCUT2D eigenvalue weighted by molar-refractivity contribution is 7.91. The van der Waals surface area contributed by atoms with Crippen molar-refractivity contribution in [1.82, 2.24) is 19.8 Å². The van der Waals surface area contributed by atoms with Crippen LogP contribution < -0.4 is 0 Å². The minimum atomic E-state index is -2.99. The molecule has 0 bridgehead atoms. The minimum absolute atomic E-state index is 0.0453. The van der Waals surface area contributed by atoms with Crippen LogP contribution in [0.25, 0.3) is 6.08 Å². The second-order valence-corrected chi connectivity index (χ2v) is 9.18. The van der Waals surface area contributed by atoms with E-state index >= 15 is 0 Å². The maximum Gasteiger partial charge on any atom is 0.153 e. The Morgan fingerprint density at radius 3 is 2.58 bits per heavy atom. The Hall–Kier alpha value is -1.96. The van der Waals surface area contributed by atoms with Crippen LogP contribution >= 0.6 is 0 Å². The Labute approximate surface area is 154 Å². The van der Waals surface area contributed by atoms with E-state index in [1.807, 2.05) is 24.4 Å². The smallest absolute Gasteiger partial charge is 0.153 e. The SMILES string of the molecule is O=S1(=O)C[C@@H]2[C@H](C1)N(Cc1ncc[nH]1)CCN2C/C=C/c1ccccc1. The molecule has 3 heterocycles. The molecule has 0 saturated carbocycles. The lowest BCUT2D eigenvalue weighted by atomic mass is 10.0. The number of hydrogen-bond acceptors (Lipinski definition) is 5. The number of nitrogens with zero attached hydrogens (tertiary/aromatic N) is 3. The molecule has 1 aromatic carbocycles. The number of sulfone groups is 1. The molecular weight excluding hydrogens is 348 g/mol. The van der Waals surface area contributed by atoms with Crippen LogP contribution in [-0.4, -0.2) is 71.4 Å². The van der Waals surface area contributed by atoms with E-state index in [1.54, 1.807) is 6.20 Å². The Bertz CT molecular complexity index is 849. The van der Waals surface area contributed by atoms with Crippen molar-refractivity contribution in [2.45, 2.75) is 18.6 Å². The molecule has 26 heavy (non-hydrogen) atoms. The van der Waals surface area contributed by atoms with Gasteiger partial charge in [0.2, 0.25) is 0 Å². The highest BCUT2D eigenvalue weighted by atomic mass is 32.2. The van der Waals surface area contributed by atoms with Gasteiger partial charge in [0.05, 0.1) is 18.1 Å². The molecule has 2 aliphatic rings. The van der Waals surface area contributed by atoms with Crippen molar-refractivity contribution in [2.24, 2.45) is 0 Å². The van der Waals surface area contributed by atoms with Gasteiger partial charge in [-0.25, -0.2) is 13.4 Å². The number of H-pyrrole nitrogens is 1. The molecule has 138 valence electrons. The fraction of sp³-hybridized carbons (Fsp3) is 0.421. The first kappa shape index (κ1) is 17.5. The molecule has 2 atom stereocenters. The lowest BCUT2D eigenvalue weighted by Gasteiger charge is -2.43. The highest BCUT2D eigenvalue weighted by Crippen LogP contribution is 2.27. The van der Waals surface area contributed by atoms with Crippen molar-refractivity contribution >= 4 is 15.9 Å². The zero-order valence-electron chi connectivity index (χ0n) is 14.7. The number of fused-ring (bicyclic) bond motifs is 1. The average molecular weight is 372 g/mol. The van der Waals surface area contributed by atoms with Crippen molar-refractivity contribution in [2.75, 3.05) is 31.1 Å². The summed E-state index contributed by atoms with van der Waals surface area (Å²) in [6.45, 7) is 3.19. The summed E-state index contributed by atoms with van der Waals surface area (Å²) in [7, 11) is -2.99. The lowest BCUT2D eigenvalue weighted by Crippen LogP contribution is -2.58. The van der Waals surface area contributed by atoms with Crippen molar-refractivity contribution < 1.29 is 8.42 Å². The van der Waals surface area contributed by atoms with Crippen LogP contribution in [0.2, 0.25) is 0 Å². The Morgan fingerprint density at radius 1 is 1.12 bits per heavy atom. The largest absolute Gasteiger partial charge is 0.348 e. The third-order valence-electron chi connectivity index (χ3n) is 5.26. The summed E-state index contributed by atoms with van der Waals surface area (Å²) in [6.07, 6.45) is 7.79. The number of imidazole rings is 1. The summed E-state index contributed by atoms with van der Waals surface area (Å²) in [4.78, 5) is 12.0. The number of nitrogens with one attached hydrogen (secondary N) is 1. The number of piperazine rings is 1. The van der Waals surface area contributed by atoms with Crippen molar-refractivity contribution in [3.63, 3.8) is 0 Å². The Balaban J connectivity index is 1.45. The van der Waals surface area contributed by atoms with Crippen LogP contribution in [0, 0.1) is 0 Å².